The number of ether oxygens (including phenoxy) is 1. The zero-order valence-electron chi connectivity index (χ0n) is 16.5. The topological polar surface area (TPSA) is 67.5 Å². The number of hydrogen-bond donors (Lipinski definition) is 2. The number of alkyl halides is 3. The normalized spacial score (nSPS) is 17.8. The van der Waals surface area contributed by atoms with E-state index in [1.54, 1.807) is 31.3 Å². The molecule has 2 N–H and O–H groups in total. The van der Waals surface area contributed by atoms with Crippen LogP contribution in [0, 0.1) is 12.3 Å². The molecule has 158 valence electrons. The highest BCUT2D eigenvalue weighted by Crippen LogP contribution is 2.48. The van der Waals surface area contributed by atoms with Gasteiger partial charge in [-0.2, -0.15) is 0 Å². The number of aryl methyl sites for hydroxylation is 1. The monoisotopic (exact) mass is 418 g/mol. The maximum atomic E-state index is 12.5. The molecule has 0 amide bonds. The van der Waals surface area contributed by atoms with E-state index >= 15 is 0 Å². The molecule has 0 unspecified atom stereocenters. The Bertz CT molecular complexity index is 1040. The number of hydrogen-bond acceptors (Lipinski definition) is 5. The lowest BCUT2D eigenvalue weighted by Crippen LogP contribution is -2.63. The number of benzene rings is 2. The van der Waals surface area contributed by atoms with Gasteiger partial charge in [-0.25, -0.2) is 4.98 Å². The highest BCUT2D eigenvalue weighted by atomic mass is 19.4. The van der Waals surface area contributed by atoms with Crippen molar-refractivity contribution in [2.45, 2.75) is 25.8 Å². The van der Waals surface area contributed by atoms with E-state index in [0.717, 1.165) is 0 Å². The third-order valence-corrected chi connectivity index (χ3v) is 5.56. The highest BCUT2D eigenvalue weighted by Gasteiger charge is 2.53. The van der Waals surface area contributed by atoms with Crippen molar-refractivity contribution in [2.24, 2.45) is 5.41 Å². The molecule has 4 rings (SSSR count). The molecule has 1 fully saturated rings. The second-order valence-corrected chi connectivity index (χ2v) is 7.80. The van der Waals surface area contributed by atoms with E-state index in [1.165, 1.54) is 24.3 Å². The summed E-state index contributed by atoms with van der Waals surface area (Å²) in [5.41, 5.74) is -0.241. The number of nitrogens with one attached hydrogen (secondary N) is 1. The third kappa shape index (κ3) is 3.57. The Hall–Kier alpha value is -2.84. The Labute approximate surface area is 171 Å². The summed E-state index contributed by atoms with van der Waals surface area (Å²) in [6, 6.07) is 12.6. The van der Waals surface area contributed by atoms with E-state index in [-0.39, 0.29) is 5.75 Å². The van der Waals surface area contributed by atoms with E-state index in [2.05, 4.69) is 15.0 Å². The molecule has 8 heteroatoms. The van der Waals surface area contributed by atoms with Gasteiger partial charge in [0.1, 0.15) is 17.1 Å². The van der Waals surface area contributed by atoms with Gasteiger partial charge in [-0.15, -0.1) is 13.2 Å². The SMILES string of the molecule is Cc1cnc(-c2cccc([C@@](O)(c3ccc(OC(F)(F)F)cc3)C3(C)CNC3)c2)o1. The molecule has 3 aromatic rings. The number of halogens is 3. The summed E-state index contributed by atoms with van der Waals surface area (Å²) in [6.07, 6.45) is -3.16. The Morgan fingerprint density at radius 2 is 1.80 bits per heavy atom. The molecule has 0 spiro atoms. The molecule has 1 saturated heterocycles. The lowest BCUT2D eigenvalue weighted by atomic mass is 9.62. The number of oxazole rings is 1. The Morgan fingerprint density at radius 3 is 2.33 bits per heavy atom. The first-order chi connectivity index (χ1) is 14.1. The fraction of sp³-hybridized carbons (Fsp3) is 0.318. The summed E-state index contributed by atoms with van der Waals surface area (Å²) in [7, 11) is 0. The van der Waals surface area contributed by atoms with Crippen LogP contribution in [0.4, 0.5) is 13.2 Å². The average molecular weight is 418 g/mol. The van der Waals surface area contributed by atoms with Gasteiger partial charge in [0.2, 0.25) is 5.89 Å². The number of nitrogens with zero attached hydrogens (tertiary/aromatic N) is 1. The van der Waals surface area contributed by atoms with Gasteiger partial charge in [0.25, 0.3) is 0 Å². The van der Waals surface area contributed by atoms with E-state index in [1.807, 2.05) is 13.0 Å². The van der Waals surface area contributed by atoms with Gasteiger partial charge in [0, 0.05) is 24.1 Å². The minimum Gasteiger partial charge on any atom is -0.441 e. The minimum absolute atomic E-state index is 0.338. The summed E-state index contributed by atoms with van der Waals surface area (Å²) >= 11 is 0. The molecule has 5 nitrogen and oxygen atoms in total. The largest absolute Gasteiger partial charge is 0.573 e. The summed E-state index contributed by atoms with van der Waals surface area (Å²) in [4.78, 5) is 4.24. The molecule has 1 atom stereocenters. The first-order valence-electron chi connectivity index (χ1n) is 9.43. The van der Waals surface area contributed by atoms with Crippen LogP contribution in [0.25, 0.3) is 11.5 Å². The molecule has 0 saturated carbocycles. The quantitative estimate of drug-likeness (QED) is 0.643. The van der Waals surface area contributed by atoms with Crippen molar-refractivity contribution < 1.29 is 27.4 Å². The molecule has 0 radical (unpaired) electrons. The van der Waals surface area contributed by atoms with E-state index in [4.69, 9.17) is 4.42 Å². The van der Waals surface area contributed by atoms with Crippen molar-refractivity contribution in [1.29, 1.82) is 0 Å². The van der Waals surface area contributed by atoms with Gasteiger partial charge in [0.15, 0.2) is 0 Å². The van der Waals surface area contributed by atoms with E-state index < -0.39 is 17.4 Å². The smallest absolute Gasteiger partial charge is 0.441 e. The first-order valence-corrected chi connectivity index (χ1v) is 9.43. The van der Waals surface area contributed by atoms with Crippen LogP contribution < -0.4 is 10.1 Å². The van der Waals surface area contributed by atoms with Crippen LogP contribution >= 0.6 is 0 Å². The van der Waals surface area contributed by atoms with E-state index in [0.29, 0.717) is 41.4 Å². The van der Waals surface area contributed by atoms with Crippen molar-refractivity contribution in [3.8, 4) is 17.2 Å². The molecule has 2 aromatic carbocycles. The molecule has 30 heavy (non-hydrogen) atoms. The molecule has 0 aliphatic carbocycles. The van der Waals surface area contributed by atoms with Gasteiger partial charge < -0.3 is 19.6 Å². The second kappa shape index (κ2) is 7.14. The fourth-order valence-electron chi connectivity index (χ4n) is 3.88. The lowest BCUT2D eigenvalue weighted by molar-refractivity contribution is -0.274. The predicted molar refractivity (Wildman–Crippen MR) is 104 cm³/mol. The number of rotatable bonds is 5. The van der Waals surface area contributed by atoms with Crippen LogP contribution in [0.3, 0.4) is 0 Å². The summed E-state index contributed by atoms with van der Waals surface area (Å²) < 4.78 is 47.1. The Balaban J connectivity index is 1.77. The van der Waals surface area contributed by atoms with Crippen molar-refractivity contribution in [2.75, 3.05) is 13.1 Å². The fourth-order valence-corrected chi connectivity index (χ4v) is 3.88. The van der Waals surface area contributed by atoms with Crippen LogP contribution in [0.1, 0.15) is 23.8 Å². The van der Waals surface area contributed by atoms with Crippen molar-refractivity contribution in [3.63, 3.8) is 0 Å². The first kappa shape index (κ1) is 20.4. The van der Waals surface area contributed by atoms with Gasteiger partial charge >= 0.3 is 6.36 Å². The van der Waals surface area contributed by atoms with Crippen LogP contribution in [-0.4, -0.2) is 29.5 Å². The molecule has 1 aliphatic rings. The van der Waals surface area contributed by atoms with Crippen molar-refractivity contribution in [3.05, 3.63) is 71.6 Å². The van der Waals surface area contributed by atoms with Gasteiger partial charge in [-0.1, -0.05) is 31.2 Å². The molecular formula is C22H21F3N2O3. The molecule has 2 heterocycles. The molecular weight excluding hydrogens is 397 g/mol. The summed E-state index contributed by atoms with van der Waals surface area (Å²) in [6.45, 7) is 4.83. The predicted octanol–water partition coefficient (Wildman–Crippen LogP) is 4.39. The lowest BCUT2D eigenvalue weighted by Gasteiger charge is -2.52. The standard InChI is InChI=1S/C22H21F3N2O3/c1-14-11-27-19(29-14)15-4-3-5-17(10-15)21(28,20(2)12-26-13-20)16-6-8-18(9-7-16)30-22(23,24)25/h3-11,26,28H,12-13H2,1-2H3/t21-/m0/s1. The molecule has 1 aliphatic heterocycles. The third-order valence-electron chi connectivity index (χ3n) is 5.56. The zero-order chi connectivity index (χ0) is 21.6. The van der Waals surface area contributed by atoms with Gasteiger partial charge in [-0.3, -0.25) is 0 Å². The van der Waals surface area contributed by atoms with Crippen LogP contribution in [0.2, 0.25) is 0 Å². The average Bonchev–Trinajstić information content (AvgIpc) is 3.11. The molecule has 0 bridgehead atoms. The van der Waals surface area contributed by atoms with Crippen molar-refractivity contribution >= 4 is 0 Å². The Kier molecular flexibility index (Phi) is 4.86. The van der Waals surface area contributed by atoms with Crippen LogP contribution in [0.5, 0.6) is 5.75 Å². The highest BCUT2D eigenvalue weighted by molar-refractivity contribution is 5.57. The maximum absolute atomic E-state index is 12.5. The van der Waals surface area contributed by atoms with E-state index in [9.17, 15) is 18.3 Å². The number of aromatic nitrogens is 1. The van der Waals surface area contributed by atoms with Crippen LogP contribution in [0.15, 0.2) is 59.1 Å². The second-order valence-electron chi connectivity index (χ2n) is 7.80. The van der Waals surface area contributed by atoms with Crippen molar-refractivity contribution in [1.82, 2.24) is 10.3 Å². The zero-order valence-corrected chi connectivity index (χ0v) is 16.5. The summed E-state index contributed by atoms with van der Waals surface area (Å²) in [5, 5.41) is 15.2. The minimum atomic E-state index is -4.77. The van der Waals surface area contributed by atoms with Gasteiger partial charge in [0.05, 0.1) is 6.20 Å². The summed E-state index contributed by atoms with van der Waals surface area (Å²) in [5.74, 6) is 0.762. The number of aliphatic hydroxyl groups is 1. The van der Waals surface area contributed by atoms with Crippen LogP contribution in [-0.2, 0) is 5.60 Å². The Morgan fingerprint density at radius 1 is 1.10 bits per heavy atom. The maximum Gasteiger partial charge on any atom is 0.573 e. The molecule has 1 aromatic heterocycles. The van der Waals surface area contributed by atoms with Gasteiger partial charge in [-0.05, 0) is 42.3 Å².